The molecule has 0 N–H and O–H groups in total. The van der Waals surface area contributed by atoms with Crippen molar-refractivity contribution < 1.29 is 18.3 Å². The van der Waals surface area contributed by atoms with Crippen molar-refractivity contribution in [2.24, 2.45) is 35.5 Å². The predicted molar refractivity (Wildman–Crippen MR) is 107 cm³/mol. The predicted octanol–water partition coefficient (Wildman–Crippen LogP) is 6.38. The molecule has 28 heavy (non-hydrogen) atoms. The van der Waals surface area contributed by atoms with Crippen molar-refractivity contribution in [2.75, 3.05) is 19.9 Å². The first-order valence-corrected chi connectivity index (χ1v) is 11.5. The minimum Gasteiger partial charge on any atom is -0.352 e. The lowest BCUT2D eigenvalue weighted by atomic mass is 9.71. The summed E-state index contributed by atoms with van der Waals surface area (Å²) < 4.78 is 39.5. The Hall–Kier alpha value is -0.740. The van der Waals surface area contributed by atoms with Gasteiger partial charge in [0.05, 0.1) is 19.9 Å². The van der Waals surface area contributed by atoms with E-state index in [9.17, 15) is 8.78 Å². The van der Waals surface area contributed by atoms with E-state index in [-0.39, 0.29) is 24.7 Å². The molecule has 4 aliphatic rings. The second-order valence-electron chi connectivity index (χ2n) is 9.76. The highest BCUT2D eigenvalue weighted by molar-refractivity contribution is 5.32. The van der Waals surface area contributed by atoms with E-state index in [0.29, 0.717) is 29.6 Å². The molecule has 0 aromatic heterocycles. The summed E-state index contributed by atoms with van der Waals surface area (Å²) in [5.41, 5.74) is 0.917. The zero-order valence-electron chi connectivity index (χ0n) is 17.3. The van der Waals surface area contributed by atoms with Crippen molar-refractivity contribution in [3.05, 3.63) is 23.6 Å². The Morgan fingerprint density at radius 2 is 1.57 bits per heavy atom. The van der Waals surface area contributed by atoms with Gasteiger partial charge < -0.3 is 9.47 Å². The first-order valence-electron chi connectivity index (χ1n) is 11.5. The van der Waals surface area contributed by atoms with Gasteiger partial charge >= 0.3 is 0 Å². The SMILES string of the molecule is CC1COC(C2CCC(C3C=C(F)C(C4CCC(CF)CC4)=CC3)CC2)OC1. The molecule has 1 heterocycles. The Kier molecular flexibility index (Phi) is 6.88. The average Bonchev–Trinajstić information content (AvgIpc) is 2.74. The Balaban J connectivity index is 1.26. The first-order chi connectivity index (χ1) is 13.6. The van der Waals surface area contributed by atoms with Gasteiger partial charge in [-0.05, 0) is 93.1 Å². The van der Waals surface area contributed by atoms with Crippen LogP contribution in [-0.2, 0) is 9.47 Å². The second kappa shape index (κ2) is 9.38. The van der Waals surface area contributed by atoms with Crippen LogP contribution in [0.2, 0.25) is 0 Å². The minimum atomic E-state index is -0.217. The summed E-state index contributed by atoms with van der Waals surface area (Å²) in [6.45, 7) is 3.56. The largest absolute Gasteiger partial charge is 0.352 e. The molecule has 0 spiro atoms. The van der Waals surface area contributed by atoms with Gasteiger partial charge in [0.1, 0.15) is 5.83 Å². The molecule has 4 rings (SSSR count). The number of hydrogen-bond donors (Lipinski definition) is 0. The zero-order valence-corrected chi connectivity index (χ0v) is 17.3. The van der Waals surface area contributed by atoms with Gasteiger partial charge in [-0.25, -0.2) is 4.39 Å². The summed E-state index contributed by atoms with van der Waals surface area (Å²) in [6.07, 6.45) is 13.3. The normalized spacial score (nSPS) is 42.6. The lowest BCUT2D eigenvalue weighted by molar-refractivity contribution is -0.227. The standard InChI is InChI=1S/C24H36F2O2/c1-16-14-27-24(28-15-16)20-8-6-18(7-9-20)21-10-11-22(23(26)12-21)19-4-2-17(13-25)3-5-19/h11-12,16-21,24H,2-10,13-15H2,1H3. The van der Waals surface area contributed by atoms with Gasteiger partial charge in [-0.1, -0.05) is 13.0 Å². The van der Waals surface area contributed by atoms with Crippen molar-refractivity contribution in [1.82, 2.24) is 0 Å². The third kappa shape index (κ3) is 4.70. The Morgan fingerprint density at radius 3 is 2.18 bits per heavy atom. The number of allylic oxidation sites excluding steroid dienone is 4. The second-order valence-corrected chi connectivity index (χ2v) is 9.76. The third-order valence-electron chi connectivity index (χ3n) is 7.65. The molecule has 2 nitrogen and oxygen atoms in total. The number of halogens is 2. The van der Waals surface area contributed by atoms with Crippen LogP contribution >= 0.6 is 0 Å². The fourth-order valence-electron chi connectivity index (χ4n) is 5.76. The van der Waals surface area contributed by atoms with E-state index < -0.39 is 0 Å². The van der Waals surface area contributed by atoms with E-state index in [2.05, 4.69) is 13.0 Å². The van der Waals surface area contributed by atoms with Crippen LogP contribution in [0, 0.1) is 35.5 Å². The fourth-order valence-corrected chi connectivity index (χ4v) is 5.76. The maximum atomic E-state index is 14.9. The van der Waals surface area contributed by atoms with Crippen LogP contribution < -0.4 is 0 Å². The van der Waals surface area contributed by atoms with E-state index >= 15 is 0 Å². The fraction of sp³-hybridized carbons (Fsp3) is 0.833. The molecule has 0 amide bonds. The molecule has 158 valence electrons. The summed E-state index contributed by atoms with van der Waals surface area (Å²) in [5, 5.41) is 0. The summed E-state index contributed by atoms with van der Waals surface area (Å²) in [4.78, 5) is 0. The van der Waals surface area contributed by atoms with Gasteiger partial charge in [-0.2, -0.15) is 0 Å². The lowest BCUT2D eigenvalue weighted by Gasteiger charge is -2.39. The van der Waals surface area contributed by atoms with Crippen LogP contribution in [0.1, 0.15) is 64.7 Å². The van der Waals surface area contributed by atoms with E-state index in [4.69, 9.17) is 9.47 Å². The summed E-state index contributed by atoms with van der Waals surface area (Å²) in [7, 11) is 0. The van der Waals surface area contributed by atoms with Crippen molar-refractivity contribution >= 4 is 0 Å². The van der Waals surface area contributed by atoms with Gasteiger partial charge in [-0.3, -0.25) is 4.39 Å². The summed E-state index contributed by atoms with van der Waals surface area (Å²) in [5.74, 6) is 2.42. The highest BCUT2D eigenvalue weighted by atomic mass is 19.1. The Bertz CT molecular complexity index is 563. The molecule has 2 saturated carbocycles. The van der Waals surface area contributed by atoms with Crippen molar-refractivity contribution in [1.29, 1.82) is 0 Å². The maximum Gasteiger partial charge on any atom is 0.160 e. The molecule has 1 aliphatic heterocycles. The molecule has 1 atom stereocenters. The molecule has 0 aromatic rings. The molecule has 0 aromatic carbocycles. The van der Waals surface area contributed by atoms with Gasteiger partial charge in [0, 0.05) is 11.8 Å². The van der Waals surface area contributed by atoms with Crippen LogP contribution in [0.25, 0.3) is 0 Å². The van der Waals surface area contributed by atoms with Gasteiger partial charge in [0.15, 0.2) is 6.29 Å². The lowest BCUT2D eigenvalue weighted by Crippen LogP contribution is -2.38. The Morgan fingerprint density at radius 1 is 0.929 bits per heavy atom. The summed E-state index contributed by atoms with van der Waals surface area (Å²) >= 11 is 0. The number of hydrogen-bond acceptors (Lipinski definition) is 2. The maximum absolute atomic E-state index is 14.9. The molecule has 4 heteroatoms. The summed E-state index contributed by atoms with van der Waals surface area (Å²) in [6, 6.07) is 0. The van der Waals surface area contributed by atoms with Crippen molar-refractivity contribution in [3.63, 3.8) is 0 Å². The zero-order chi connectivity index (χ0) is 19.5. The third-order valence-corrected chi connectivity index (χ3v) is 7.65. The van der Waals surface area contributed by atoms with Crippen LogP contribution in [0.5, 0.6) is 0 Å². The number of rotatable bonds is 4. The molecular formula is C24H36F2O2. The molecule has 0 radical (unpaired) electrons. The number of ether oxygens (including phenoxy) is 2. The molecular weight excluding hydrogens is 358 g/mol. The minimum absolute atomic E-state index is 0.00927. The van der Waals surface area contributed by atoms with Crippen LogP contribution in [0.4, 0.5) is 8.78 Å². The van der Waals surface area contributed by atoms with Gasteiger partial charge in [-0.15, -0.1) is 0 Å². The van der Waals surface area contributed by atoms with E-state index in [0.717, 1.165) is 76.6 Å². The first kappa shape index (κ1) is 20.5. The Labute approximate surface area is 168 Å². The van der Waals surface area contributed by atoms with E-state index in [1.807, 2.05) is 6.08 Å². The van der Waals surface area contributed by atoms with Gasteiger partial charge in [0.2, 0.25) is 0 Å². The monoisotopic (exact) mass is 394 g/mol. The highest BCUT2D eigenvalue weighted by Crippen LogP contribution is 2.44. The topological polar surface area (TPSA) is 18.5 Å². The average molecular weight is 395 g/mol. The van der Waals surface area contributed by atoms with Crippen LogP contribution in [0.3, 0.4) is 0 Å². The molecule has 1 saturated heterocycles. The van der Waals surface area contributed by atoms with E-state index in [1.165, 1.54) is 0 Å². The van der Waals surface area contributed by atoms with Crippen molar-refractivity contribution in [3.8, 4) is 0 Å². The molecule has 3 aliphatic carbocycles. The molecule has 3 fully saturated rings. The highest BCUT2D eigenvalue weighted by Gasteiger charge is 2.35. The van der Waals surface area contributed by atoms with Crippen molar-refractivity contribution in [2.45, 2.75) is 71.0 Å². The van der Waals surface area contributed by atoms with E-state index in [1.54, 1.807) is 0 Å². The molecule has 1 unspecified atom stereocenters. The number of alkyl halides is 1. The smallest absolute Gasteiger partial charge is 0.160 e. The van der Waals surface area contributed by atoms with Crippen LogP contribution in [-0.4, -0.2) is 26.2 Å². The van der Waals surface area contributed by atoms with Gasteiger partial charge in [0.25, 0.3) is 0 Å². The quantitative estimate of drug-likeness (QED) is 0.551. The molecule has 0 bridgehead atoms. The van der Waals surface area contributed by atoms with Crippen LogP contribution in [0.15, 0.2) is 23.6 Å².